The molecular formula is C18H13Cl2F4N3O3. The van der Waals surface area contributed by atoms with E-state index in [1.807, 2.05) is 0 Å². The number of benzene rings is 2. The van der Waals surface area contributed by atoms with Crippen LogP contribution in [0.25, 0.3) is 11.0 Å². The first kappa shape index (κ1) is 22.0. The minimum atomic E-state index is -4.61. The molecule has 6 nitrogen and oxygen atoms in total. The topological polar surface area (TPSA) is 76.2 Å². The Kier molecular flexibility index (Phi) is 6.27. The number of hydrogen-bond donors (Lipinski definition) is 2. The Balaban J connectivity index is 2.01. The first-order chi connectivity index (χ1) is 14.1. The van der Waals surface area contributed by atoms with Gasteiger partial charge in [0.2, 0.25) is 5.95 Å². The number of imidazole rings is 1. The van der Waals surface area contributed by atoms with Crippen LogP contribution in [-0.2, 0) is 4.74 Å². The van der Waals surface area contributed by atoms with Crippen LogP contribution in [-0.4, -0.2) is 35.3 Å². The summed E-state index contributed by atoms with van der Waals surface area (Å²) in [6.45, 7) is -0.0458. The lowest BCUT2D eigenvalue weighted by Crippen LogP contribution is -2.20. The molecule has 0 unspecified atom stereocenters. The van der Waals surface area contributed by atoms with Gasteiger partial charge in [0.25, 0.3) is 0 Å². The van der Waals surface area contributed by atoms with Gasteiger partial charge in [-0.2, -0.15) is 13.2 Å². The van der Waals surface area contributed by atoms with Crippen molar-refractivity contribution in [1.29, 1.82) is 0 Å². The summed E-state index contributed by atoms with van der Waals surface area (Å²) in [6.07, 6.45) is -4.61. The Bertz CT molecular complexity index is 1100. The molecule has 0 spiro atoms. The van der Waals surface area contributed by atoms with E-state index in [0.29, 0.717) is 0 Å². The van der Waals surface area contributed by atoms with E-state index in [1.54, 1.807) is 6.92 Å². The summed E-state index contributed by atoms with van der Waals surface area (Å²) in [4.78, 5) is 19.0. The number of carbonyl (C=O) groups is 1. The Morgan fingerprint density at radius 3 is 2.67 bits per heavy atom. The first-order valence-corrected chi connectivity index (χ1v) is 9.15. The fourth-order valence-electron chi connectivity index (χ4n) is 2.50. The van der Waals surface area contributed by atoms with Crippen LogP contribution in [0.3, 0.4) is 0 Å². The molecule has 12 heteroatoms. The van der Waals surface area contributed by atoms with Crippen molar-refractivity contribution < 1.29 is 31.8 Å². The SMILES string of the molecule is CCOC(=O)c1cc2[nH]c(Nc3c(F)ccc(Cl)c3Cl)nc2cc1OCC(F)(F)F. The number of carbonyl (C=O) groups excluding carboxylic acids is 1. The normalized spacial score (nSPS) is 11.6. The largest absolute Gasteiger partial charge is 0.483 e. The summed E-state index contributed by atoms with van der Waals surface area (Å²) in [5.74, 6) is -1.92. The minimum Gasteiger partial charge on any atom is -0.483 e. The molecule has 1 heterocycles. The number of nitrogens with one attached hydrogen (secondary N) is 2. The van der Waals surface area contributed by atoms with Crippen molar-refractivity contribution in [3.8, 4) is 5.75 Å². The van der Waals surface area contributed by atoms with E-state index in [4.69, 9.17) is 32.7 Å². The molecule has 0 aliphatic heterocycles. The highest BCUT2D eigenvalue weighted by molar-refractivity contribution is 6.43. The quantitative estimate of drug-likeness (QED) is 0.270. The van der Waals surface area contributed by atoms with Crippen molar-refractivity contribution in [2.24, 2.45) is 0 Å². The number of ether oxygens (including phenoxy) is 2. The van der Waals surface area contributed by atoms with Gasteiger partial charge in [0, 0.05) is 6.07 Å². The van der Waals surface area contributed by atoms with Crippen molar-refractivity contribution >= 4 is 51.8 Å². The molecular weight excluding hydrogens is 453 g/mol. The highest BCUT2D eigenvalue weighted by Gasteiger charge is 2.30. The van der Waals surface area contributed by atoms with Crippen LogP contribution in [0.1, 0.15) is 17.3 Å². The Morgan fingerprint density at radius 1 is 1.27 bits per heavy atom. The van der Waals surface area contributed by atoms with Crippen molar-refractivity contribution in [2.75, 3.05) is 18.5 Å². The number of H-pyrrole nitrogens is 1. The van der Waals surface area contributed by atoms with E-state index in [-0.39, 0.29) is 50.6 Å². The number of nitrogens with zero attached hydrogens (tertiary/aromatic N) is 1. The molecule has 3 rings (SSSR count). The van der Waals surface area contributed by atoms with Gasteiger partial charge in [-0.25, -0.2) is 14.2 Å². The number of esters is 1. The Hall–Kier alpha value is -2.72. The molecule has 0 atom stereocenters. The van der Waals surface area contributed by atoms with Gasteiger partial charge < -0.3 is 19.8 Å². The third kappa shape index (κ3) is 4.88. The van der Waals surface area contributed by atoms with Gasteiger partial charge in [0.15, 0.2) is 6.61 Å². The highest BCUT2D eigenvalue weighted by Crippen LogP contribution is 2.35. The van der Waals surface area contributed by atoms with Crippen molar-refractivity contribution in [1.82, 2.24) is 9.97 Å². The lowest BCUT2D eigenvalue weighted by atomic mass is 10.1. The van der Waals surface area contributed by atoms with Crippen LogP contribution in [0.4, 0.5) is 29.2 Å². The molecule has 30 heavy (non-hydrogen) atoms. The number of halogens is 6. The average Bonchev–Trinajstić information content (AvgIpc) is 3.07. The van der Waals surface area contributed by atoms with Crippen LogP contribution in [0.15, 0.2) is 24.3 Å². The van der Waals surface area contributed by atoms with Gasteiger partial charge in [0.05, 0.1) is 33.4 Å². The number of fused-ring (bicyclic) bond motifs is 1. The molecule has 0 fully saturated rings. The van der Waals surface area contributed by atoms with Gasteiger partial charge in [0.1, 0.15) is 17.1 Å². The third-order valence-corrected chi connectivity index (χ3v) is 4.56. The molecule has 2 aromatic carbocycles. The van der Waals surface area contributed by atoms with Crippen molar-refractivity contribution in [2.45, 2.75) is 13.1 Å². The summed E-state index contributed by atoms with van der Waals surface area (Å²) in [6, 6.07) is 4.75. The predicted octanol–water partition coefficient (Wildman–Crippen LogP) is 5.87. The number of aromatic nitrogens is 2. The van der Waals surface area contributed by atoms with Crippen molar-refractivity contribution in [3.63, 3.8) is 0 Å². The molecule has 0 aliphatic rings. The van der Waals surface area contributed by atoms with Gasteiger partial charge in [-0.05, 0) is 25.1 Å². The lowest BCUT2D eigenvalue weighted by molar-refractivity contribution is -0.153. The number of hydrogen-bond acceptors (Lipinski definition) is 5. The molecule has 0 radical (unpaired) electrons. The zero-order valence-electron chi connectivity index (χ0n) is 15.2. The second-order valence-electron chi connectivity index (χ2n) is 5.92. The second kappa shape index (κ2) is 8.57. The van der Waals surface area contributed by atoms with E-state index in [9.17, 15) is 22.4 Å². The van der Waals surface area contributed by atoms with Crippen LogP contribution < -0.4 is 10.1 Å². The fraction of sp³-hybridized carbons (Fsp3) is 0.222. The fourth-order valence-corrected chi connectivity index (χ4v) is 2.86. The van der Waals surface area contributed by atoms with E-state index in [0.717, 1.165) is 12.1 Å². The summed E-state index contributed by atoms with van der Waals surface area (Å²) in [7, 11) is 0. The van der Waals surface area contributed by atoms with E-state index in [1.165, 1.54) is 12.1 Å². The van der Waals surface area contributed by atoms with E-state index >= 15 is 0 Å². The Morgan fingerprint density at radius 2 is 2.00 bits per heavy atom. The second-order valence-corrected chi connectivity index (χ2v) is 6.70. The molecule has 2 N–H and O–H groups in total. The molecule has 0 saturated heterocycles. The first-order valence-electron chi connectivity index (χ1n) is 8.40. The monoisotopic (exact) mass is 465 g/mol. The number of rotatable bonds is 6. The van der Waals surface area contributed by atoms with Gasteiger partial charge in [-0.3, -0.25) is 0 Å². The Labute approximate surface area is 177 Å². The molecule has 0 amide bonds. The van der Waals surface area contributed by atoms with Crippen LogP contribution in [0.5, 0.6) is 5.75 Å². The molecule has 160 valence electrons. The molecule has 0 saturated carbocycles. The molecule has 0 aliphatic carbocycles. The summed E-state index contributed by atoms with van der Waals surface area (Å²) < 4.78 is 61.4. The molecule has 1 aromatic heterocycles. The van der Waals surface area contributed by atoms with E-state index < -0.39 is 24.6 Å². The van der Waals surface area contributed by atoms with Gasteiger partial charge in [-0.15, -0.1) is 0 Å². The predicted molar refractivity (Wildman–Crippen MR) is 103 cm³/mol. The highest BCUT2D eigenvalue weighted by atomic mass is 35.5. The summed E-state index contributed by atoms with van der Waals surface area (Å²) >= 11 is 11.9. The zero-order valence-corrected chi connectivity index (χ0v) is 16.7. The summed E-state index contributed by atoms with van der Waals surface area (Å²) in [5.41, 5.74) is 0.0397. The van der Waals surface area contributed by atoms with Crippen LogP contribution >= 0.6 is 23.2 Å². The van der Waals surface area contributed by atoms with Crippen LogP contribution in [0, 0.1) is 5.82 Å². The smallest absolute Gasteiger partial charge is 0.422 e. The summed E-state index contributed by atoms with van der Waals surface area (Å²) in [5, 5.41) is 2.64. The lowest BCUT2D eigenvalue weighted by Gasteiger charge is -2.12. The molecule has 0 bridgehead atoms. The molecule has 3 aromatic rings. The maximum absolute atomic E-state index is 14.1. The maximum atomic E-state index is 14.1. The number of alkyl halides is 3. The third-order valence-electron chi connectivity index (χ3n) is 3.76. The van der Waals surface area contributed by atoms with Crippen molar-refractivity contribution in [3.05, 3.63) is 45.7 Å². The van der Waals surface area contributed by atoms with Crippen LogP contribution in [0.2, 0.25) is 10.0 Å². The van der Waals surface area contributed by atoms with Gasteiger partial charge >= 0.3 is 12.1 Å². The number of anilines is 2. The maximum Gasteiger partial charge on any atom is 0.422 e. The average molecular weight is 466 g/mol. The minimum absolute atomic E-state index is 0.0100. The van der Waals surface area contributed by atoms with E-state index in [2.05, 4.69) is 15.3 Å². The zero-order chi connectivity index (χ0) is 22.1. The standard InChI is InChI=1S/C18H13Cl2F4N3O3/c1-2-29-16(28)8-5-11-12(6-13(8)30-7-18(22,23)24)26-17(25-11)27-15-10(21)4-3-9(19)14(15)20/h3-6H,2,7H2,1H3,(H2,25,26,27). The van der Waals surface area contributed by atoms with Gasteiger partial charge in [-0.1, -0.05) is 23.2 Å². The number of aromatic amines is 1.